The molecule has 0 saturated heterocycles. The molecule has 0 bridgehead atoms. The summed E-state index contributed by atoms with van der Waals surface area (Å²) in [4.78, 5) is 24.2. The van der Waals surface area contributed by atoms with Crippen LogP contribution in [0.25, 0.3) is 0 Å². The number of esters is 2. The lowest BCUT2D eigenvalue weighted by Crippen LogP contribution is -2.41. The molecule has 4 nitrogen and oxygen atoms in total. The summed E-state index contributed by atoms with van der Waals surface area (Å²) in [6, 6.07) is 0. The van der Waals surface area contributed by atoms with Gasteiger partial charge in [0.2, 0.25) is 0 Å². The van der Waals surface area contributed by atoms with Crippen LogP contribution in [0.5, 0.6) is 0 Å². The minimum atomic E-state index is -0.886. The van der Waals surface area contributed by atoms with E-state index in [-0.39, 0.29) is 0 Å². The average Bonchev–Trinajstić information content (AvgIpc) is 2.12. The van der Waals surface area contributed by atoms with Crippen LogP contribution in [0.15, 0.2) is 0 Å². The summed E-state index contributed by atoms with van der Waals surface area (Å²) in [5, 5.41) is 0. The molecule has 0 N–H and O–H groups in total. The lowest BCUT2D eigenvalue weighted by molar-refractivity contribution is -0.174. The van der Waals surface area contributed by atoms with Gasteiger partial charge in [-0.15, -0.1) is 0 Å². The van der Waals surface area contributed by atoms with Gasteiger partial charge in [-0.05, 0) is 32.6 Å². The van der Waals surface area contributed by atoms with E-state index in [1.165, 1.54) is 0 Å². The highest BCUT2D eigenvalue weighted by atomic mass is 16.6. The number of unbranched alkanes of at least 4 members (excludes halogenated alkanes) is 1. The molecule has 1 unspecified atom stereocenters. The first kappa shape index (κ1) is 17.9. The van der Waals surface area contributed by atoms with Crippen molar-refractivity contribution in [1.29, 1.82) is 0 Å². The van der Waals surface area contributed by atoms with Gasteiger partial charge in [-0.1, -0.05) is 34.1 Å². The van der Waals surface area contributed by atoms with Gasteiger partial charge in [-0.3, -0.25) is 9.59 Å². The third-order valence-corrected chi connectivity index (χ3v) is 2.49. The van der Waals surface area contributed by atoms with Crippen molar-refractivity contribution in [3.05, 3.63) is 0 Å². The van der Waals surface area contributed by atoms with Crippen LogP contribution in [-0.4, -0.2) is 24.1 Å². The molecule has 0 aliphatic heterocycles. The summed E-state index contributed by atoms with van der Waals surface area (Å²) >= 11 is 0. The van der Waals surface area contributed by atoms with Crippen LogP contribution in [0, 0.1) is 11.3 Å². The summed E-state index contributed by atoms with van der Waals surface area (Å²) in [7, 11) is 0. The highest BCUT2D eigenvalue weighted by Crippen LogP contribution is 2.29. The van der Waals surface area contributed by atoms with E-state index in [1.807, 2.05) is 27.7 Å². The fourth-order valence-electron chi connectivity index (χ4n) is 1.56. The largest absolute Gasteiger partial charge is 0.465 e. The van der Waals surface area contributed by atoms with Gasteiger partial charge in [-0.25, -0.2) is 0 Å². The van der Waals surface area contributed by atoms with Gasteiger partial charge in [-0.2, -0.15) is 0 Å². The fraction of sp³-hybridized carbons (Fsp3) is 0.867. The topological polar surface area (TPSA) is 52.6 Å². The molecule has 0 amide bonds. The Morgan fingerprint density at radius 2 is 1.53 bits per heavy atom. The zero-order valence-electron chi connectivity index (χ0n) is 13.3. The molecule has 0 spiro atoms. The van der Waals surface area contributed by atoms with E-state index in [1.54, 1.807) is 20.8 Å². The van der Waals surface area contributed by atoms with Crippen molar-refractivity contribution in [2.75, 3.05) is 6.61 Å². The Hall–Kier alpha value is -1.06. The Bertz CT molecular complexity index is 307. The van der Waals surface area contributed by atoms with Crippen molar-refractivity contribution in [3.63, 3.8) is 0 Å². The molecule has 4 heteroatoms. The quantitative estimate of drug-likeness (QED) is 0.437. The minimum absolute atomic E-state index is 0.352. The number of hydrogen-bond acceptors (Lipinski definition) is 4. The number of carbonyl (C=O) groups is 2. The first-order chi connectivity index (χ1) is 8.49. The summed E-state index contributed by atoms with van der Waals surface area (Å²) < 4.78 is 10.5. The second-order valence-corrected chi connectivity index (χ2v) is 6.85. The number of ether oxygens (including phenoxy) is 2. The van der Waals surface area contributed by atoms with Crippen LogP contribution < -0.4 is 0 Å². The first-order valence-corrected chi connectivity index (χ1v) is 6.88. The molecule has 0 aliphatic rings. The molecule has 0 aliphatic carbocycles. The minimum Gasteiger partial charge on any atom is -0.465 e. The van der Waals surface area contributed by atoms with Crippen LogP contribution in [0.2, 0.25) is 0 Å². The molecule has 0 rings (SSSR count). The van der Waals surface area contributed by atoms with E-state index >= 15 is 0 Å². The van der Waals surface area contributed by atoms with Gasteiger partial charge >= 0.3 is 11.9 Å². The monoisotopic (exact) mass is 272 g/mol. The fourth-order valence-corrected chi connectivity index (χ4v) is 1.56. The summed E-state index contributed by atoms with van der Waals surface area (Å²) in [6.07, 6.45) is 1.75. The van der Waals surface area contributed by atoms with E-state index in [0.29, 0.717) is 6.61 Å². The predicted octanol–water partition coefficient (Wildman–Crippen LogP) is 3.33. The lowest BCUT2D eigenvalue weighted by atomic mass is 9.80. The smallest absolute Gasteiger partial charge is 0.321 e. The van der Waals surface area contributed by atoms with Gasteiger partial charge < -0.3 is 9.47 Å². The molecule has 1 atom stereocenters. The van der Waals surface area contributed by atoms with Crippen molar-refractivity contribution in [1.82, 2.24) is 0 Å². The molecular weight excluding hydrogens is 244 g/mol. The predicted molar refractivity (Wildman–Crippen MR) is 74.7 cm³/mol. The van der Waals surface area contributed by atoms with Gasteiger partial charge in [0.1, 0.15) is 5.60 Å². The molecule has 0 saturated carbocycles. The van der Waals surface area contributed by atoms with Crippen molar-refractivity contribution >= 4 is 11.9 Å². The van der Waals surface area contributed by atoms with E-state index in [9.17, 15) is 9.59 Å². The average molecular weight is 272 g/mol. The first-order valence-electron chi connectivity index (χ1n) is 6.88. The van der Waals surface area contributed by atoms with Crippen LogP contribution >= 0.6 is 0 Å². The maximum absolute atomic E-state index is 12.2. The zero-order chi connectivity index (χ0) is 15.3. The second kappa shape index (κ2) is 6.92. The lowest BCUT2D eigenvalue weighted by Gasteiger charge is -2.30. The molecule has 19 heavy (non-hydrogen) atoms. The van der Waals surface area contributed by atoms with Gasteiger partial charge in [0.25, 0.3) is 0 Å². The summed E-state index contributed by atoms with van der Waals surface area (Å²) in [6.45, 7) is 13.2. The summed E-state index contributed by atoms with van der Waals surface area (Å²) in [5.74, 6) is -1.89. The standard InChI is InChI=1S/C15H28O4/c1-8-9-10-18-12(16)11(14(2,3)4)13(17)19-15(5,6)7/h11H,8-10H2,1-7H3. The van der Waals surface area contributed by atoms with Gasteiger partial charge in [0.15, 0.2) is 5.92 Å². The van der Waals surface area contributed by atoms with Crippen LogP contribution in [0.4, 0.5) is 0 Å². The van der Waals surface area contributed by atoms with Crippen LogP contribution in [0.1, 0.15) is 61.3 Å². The number of rotatable bonds is 5. The molecule has 112 valence electrons. The molecule has 0 heterocycles. The van der Waals surface area contributed by atoms with E-state index < -0.39 is 28.9 Å². The van der Waals surface area contributed by atoms with E-state index in [2.05, 4.69) is 0 Å². The maximum Gasteiger partial charge on any atom is 0.321 e. The third kappa shape index (κ3) is 7.19. The van der Waals surface area contributed by atoms with Gasteiger partial charge in [0, 0.05) is 0 Å². The van der Waals surface area contributed by atoms with Crippen LogP contribution in [-0.2, 0) is 19.1 Å². The van der Waals surface area contributed by atoms with E-state index in [0.717, 1.165) is 12.8 Å². The Kier molecular flexibility index (Phi) is 6.53. The molecule has 0 aromatic rings. The number of hydrogen-bond donors (Lipinski definition) is 0. The van der Waals surface area contributed by atoms with Crippen molar-refractivity contribution in [3.8, 4) is 0 Å². The SMILES string of the molecule is CCCCOC(=O)C(C(=O)OC(C)(C)C)C(C)(C)C. The van der Waals surface area contributed by atoms with Crippen LogP contribution in [0.3, 0.4) is 0 Å². The van der Waals surface area contributed by atoms with Crippen molar-refractivity contribution in [2.45, 2.75) is 66.9 Å². The van der Waals surface area contributed by atoms with Crippen molar-refractivity contribution < 1.29 is 19.1 Å². The Labute approximate surface area is 116 Å². The maximum atomic E-state index is 12.2. The zero-order valence-corrected chi connectivity index (χ0v) is 13.3. The van der Waals surface area contributed by atoms with Crippen molar-refractivity contribution in [2.24, 2.45) is 11.3 Å². The Morgan fingerprint density at radius 1 is 1.00 bits per heavy atom. The third-order valence-electron chi connectivity index (χ3n) is 2.49. The molecule has 0 fully saturated rings. The summed E-state index contributed by atoms with van der Waals surface area (Å²) in [5.41, 5.74) is -1.13. The Morgan fingerprint density at radius 3 is 1.89 bits per heavy atom. The number of carbonyl (C=O) groups excluding carboxylic acids is 2. The molecule has 0 radical (unpaired) electrons. The van der Waals surface area contributed by atoms with E-state index in [4.69, 9.17) is 9.47 Å². The molecular formula is C15H28O4. The molecule has 0 aromatic heterocycles. The second-order valence-electron chi connectivity index (χ2n) is 6.85. The highest BCUT2D eigenvalue weighted by Gasteiger charge is 2.41. The Balaban J connectivity index is 4.83. The van der Waals surface area contributed by atoms with Gasteiger partial charge in [0.05, 0.1) is 6.61 Å². The molecule has 0 aromatic carbocycles. The normalized spacial score (nSPS) is 13.8. The highest BCUT2D eigenvalue weighted by molar-refractivity contribution is 5.95.